The Kier molecular flexibility index (Phi) is 5.57. The van der Waals surface area contributed by atoms with Gasteiger partial charge in [0.25, 0.3) is 5.91 Å². The van der Waals surface area contributed by atoms with Crippen molar-refractivity contribution >= 4 is 27.3 Å². The standard InChI is InChI=1S/C25H26N4OS/c1-28-14-12-19(17-28)23-21-9-5-6-10-22(21)31-24(23)25(30)26-13-11-18-15-27-29(16-18)20-7-3-2-4-8-20/h2-10,15-16,19H,11-14,17H2,1H3,(H,26,30). The van der Waals surface area contributed by atoms with E-state index in [2.05, 4.69) is 46.6 Å². The van der Waals surface area contributed by atoms with Crippen LogP contribution in [0.3, 0.4) is 0 Å². The summed E-state index contributed by atoms with van der Waals surface area (Å²) in [6, 6.07) is 18.5. The SMILES string of the molecule is CN1CCC(c2c(C(=O)NCCc3cnn(-c4ccccc4)c3)sc3ccccc23)C1. The highest BCUT2D eigenvalue weighted by Crippen LogP contribution is 2.39. The van der Waals surface area contributed by atoms with Gasteiger partial charge in [0, 0.05) is 29.9 Å². The van der Waals surface area contributed by atoms with Crippen molar-refractivity contribution in [2.24, 2.45) is 0 Å². The Bertz CT molecular complexity index is 1200. The molecular weight excluding hydrogens is 404 g/mol. The molecule has 0 bridgehead atoms. The van der Waals surface area contributed by atoms with E-state index >= 15 is 0 Å². The average Bonchev–Trinajstić information content (AvgIpc) is 3.52. The molecule has 5 nitrogen and oxygen atoms in total. The number of likely N-dealkylation sites (tertiary alicyclic amines) is 1. The molecule has 1 N–H and O–H groups in total. The lowest BCUT2D eigenvalue weighted by Gasteiger charge is -2.13. The van der Waals surface area contributed by atoms with Gasteiger partial charge in [0.15, 0.2) is 0 Å². The van der Waals surface area contributed by atoms with Crippen LogP contribution in [0.2, 0.25) is 0 Å². The number of nitrogens with zero attached hydrogens (tertiary/aromatic N) is 3. The van der Waals surface area contributed by atoms with Crippen molar-refractivity contribution in [2.45, 2.75) is 18.8 Å². The highest BCUT2D eigenvalue weighted by Gasteiger charge is 2.29. The minimum absolute atomic E-state index is 0.0428. The third-order valence-corrected chi connectivity index (χ3v) is 7.18. The van der Waals surface area contributed by atoms with Gasteiger partial charge in [-0.15, -0.1) is 11.3 Å². The average molecular weight is 431 g/mol. The Balaban J connectivity index is 1.29. The number of amides is 1. The molecule has 31 heavy (non-hydrogen) atoms. The molecule has 1 aliphatic rings. The molecule has 2 aromatic carbocycles. The number of rotatable bonds is 6. The molecule has 0 aliphatic carbocycles. The molecule has 4 aromatic rings. The maximum Gasteiger partial charge on any atom is 0.261 e. The number of likely N-dealkylation sites (N-methyl/N-ethyl adjacent to an activating group) is 1. The Morgan fingerprint density at radius 3 is 2.77 bits per heavy atom. The van der Waals surface area contributed by atoms with Gasteiger partial charge in [0.1, 0.15) is 0 Å². The summed E-state index contributed by atoms with van der Waals surface area (Å²) in [5, 5.41) is 8.84. The van der Waals surface area contributed by atoms with Gasteiger partial charge >= 0.3 is 0 Å². The molecule has 1 unspecified atom stereocenters. The molecule has 1 atom stereocenters. The zero-order valence-electron chi connectivity index (χ0n) is 17.6. The van der Waals surface area contributed by atoms with Crippen LogP contribution in [0, 0.1) is 0 Å². The molecular formula is C25H26N4OS. The summed E-state index contributed by atoms with van der Waals surface area (Å²) in [5.74, 6) is 0.465. The van der Waals surface area contributed by atoms with Crippen LogP contribution in [0.15, 0.2) is 67.0 Å². The Morgan fingerprint density at radius 1 is 1.16 bits per heavy atom. The summed E-state index contributed by atoms with van der Waals surface area (Å²) in [5.41, 5.74) is 3.38. The maximum atomic E-state index is 13.2. The lowest BCUT2D eigenvalue weighted by Crippen LogP contribution is -2.26. The minimum atomic E-state index is 0.0428. The van der Waals surface area contributed by atoms with Gasteiger partial charge in [-0.3, -0.25) is 4.79 Å². The number of aromatic nitrogens is 2. The fraction of sp³-hybridized carbons (Fsp3) is 0.280. The quantitative estimate of drug-likeness (QED) is 0.491. The van der Waals surface area contributed by atoms with Crippen molar-refractivity contribution in [1.29, 1.82) is 0 Å². The van der Waals surface area contributed by atoms with Crippen molar-refractivity contribution in [3.8, 4) is 5.69 Å². The van der Waals surface area contributed by atoms with Crippen LogP contribution in [0.4, 0.5) is 0 Å². The van der Waals surface area contributed by atoms with Crippen molar-refractivity contribution in [3.63, 3.8) is 0 Å². The summed E-state index contributed by atoms with van der Waals surface area (Å²) < 4.78 is 3.07. The molecule has 0 saturated carbocycles. The van der Waals surface area contributed by atoms with E-state index in [1.165, 1.54) is 15.6 Å². The monoisotopic (exact) mass is 430 g/mol. The van der Waals surface area contributed by atoms with Gasteiger partial charge in [-0.25, -0.2) is 4.68 Å². The highest BCUT2D eigenvalue weighted by molar-refractivity contribution is 7.21. The van der Waals surface area contributed by atoms with E-state index in [1.54, 1.807) is 11.3 Å². The van der Waals surface area contributed by atoms with Crippen molar-refractivity contribution in [3.05, 3.63) is 83.0 Å². The van der Waals surface area contributed by atoms with Crippen LogP contribution in [-0.4, -0.2) is 47.3 Å². The second-order valence-corrected chi connectivity index (χ2v) is 9.28. The van der Waals surface area contributed by atoms with E-state index in [0.717, 1.165) is 42.1 Å². The summed E-state index contributed by atoms with van der Waals surface area (Å²) in [6.07, 6.45) is 5.76. The molecule has 0 spiro atoms. The maximum absolute atomic E-state index is 13.2. The topological polar surface area (TPSA) is 50.2 Å². The summed E-state index contributed by atoms with van der Waals surface area (Å²) in [6.45, 7) is 2.69. The lowest BCUT2D eigenvalue weighted by atomic mass is 9.95. The number of benzene rings is 2. The number of hydrogen-bond acceptors (Lipinski definition) is 4. The van der Waals surface area contributed by atoms with Crippen LogP contribution in [0.25, 0.3) is 15.8 Å². The second kappa shape index (κ2) is 8.65. The van der Waals surface area contributed by atoms with Crippen LogP contribution < -0.4 is 5.32 Å². The summed E-state index contributed by atoms with van der Waals surface area (Å²) in [7, 11) is 2.16. The largest absolute Gasteiger partial charge is 0.351 e. The molecule has 6 heteroatoms. The normalized spacial score (nSPS) is 16.7. The van der Waals surface area contributed by atoms with E-state index in [9.17, 15) is 4.79 Å². The van der Waals surface area contributed by atoms with Gasteiger partial charge in [0.05, 0.1) is 16.8 Å². The van der Waals surface area contributed by atoms with E-state index in [0.29, 0.717) is 12.5 Å². The number of hydrogen-bond donors (Lipinski definition) is 1. The second-order valence-electron chi connectivity index (χ2n) is 8.22. The first kappa shape index (κ1) is 20.0. The molecule has 2 aromatic heterocycles. The first-order chi connectivity index (χ1) is 15.2. The van der Waals surface area contributed by atoms with Crippen LogP contribution in [0.5, 0.6) is 0 Å². The first-order valence-electron chi connectivity index (χ1n) is 10.8. The van der Waals surface area contributed by atoms with Gasteiger partial charge in [-0.1, -0.05) is 36.4 Å². The van der Waals surface area contributed by atoms with Crippen molar-refractivity contribution in [2.75, 3.05) is 26.7 Å². The third-order valence-electron chi connectivity index (χ3n) is 6.00. The van der Waals surface area contributed by atoms with Crippen LogP contribution in [-0.2, 0) is 6.42 Å². The Morgan fingerprint density at radius 2 is 1.97 bits per heavy atom. The summed E-state index contributed by atoms with van der Waals surface area (Å²) >= 11 is 1.62. The smallest absolute Gasteiger partial charge is 0.261 e. The molecule has 5 rings (SSSR count). The molecule has 1 aliphatic heterocycles. The van der Waals surface area contributed by atoms with E-state index in [1.807, 2.05) is 47.4 Å². The molecule has 0 radical (unpaired) electrons. The van der Waals surface area contributed by atoms with E-state index in [-0.39, 0.29) is 5.91 Å². The van der Waals surface area contributed by atoms with E-state index in [4.69, 9.17) is 0 Å². The number of nitrogens with one attached hydrogen (secondary N) is 1. The van der Waals surface area contributed by atoms with Crippen LogP contribution in [0.1, 0.15) is 33.1 Å². The lowest BCUT2D eigenvalue weighted by molar-refractivity contribution is 0.0957. The Labute approximate surface area is 186 Å². The molecule has 1 fully saturated rings. The summed E-state index contributed by atoms with van der Waals surface area (Å²) in [4.78, 5) is 16.4. The zero-order valence-corrected chi connectivity index (χ0v) is 18.4. The van der Waals surface area contributed by atoms with Gasteiger partial charge < -0.3 is 10.2 Å². The number of thiophene rings is 1. The predicted octanol–water partition coefficient (Wildman–Crippen LogP) is 4.48. The fourth-order valence-electron chi connectivity index (χ4n) is 4.42. The number of fused-ring (bicyclic) bond motifs is 1. The third kappa shape index (κ3) is 4.13. The molecule has 1 saturated heterocycles. The molecule has 1 amide bonds. The number of carbonyl (C=O) groups is 1. The number of carbonyl (C=O) groups excluding carboxylic acids is 1. The number of para-hydroxylation sites is 1. The van der Waals surface area contributed by atoms with Gasteiger partial charge in [0.2, 0.25) is 0 Å². The van der Waals surface area contributed by atoms with Crippen LogP contribution >= 0.6 is 11.3 Å². The van der Waals surface area contributed by atoms with Crippen molar-refractivity contribution < 1.29 is 4.79 Å². The van der Waals surface area contributed by atoms with Gasteiger partial charge in [-0.05, 0) is 61.1 Å². The minimum Gasteiger partial charge on any atom is -0.351 e. The van der Waals surface area contributed by atoms with Gasteiger partial charge in [-0.2, -0.15) is 5.10 Å². The first-order valence-corrected chi connectivity index (χ1v) is 11.6. The zero-order chi connectivity index (χ0) is 21.2. The Hall–Kier alpha value is -2.96. The molecule has 158 valence electrons. The fourth-order valence-corrected chi connectivity index (χ4v) is 5.63. The highest BCUT2D eigenvalue weighted by atomic mass is 32.1. The molecule has 3 heterocycles. The predicted molar refractivity (Wildman–Crippen MR) is 126 cm³/mol. The van der Waals surface area contributed by atoms with Crippen molar-refractivity contribution in [1.82, 2.24) is 20.0 Å². The van der Waals surface area contributed by atoms with E-state index < -0.39 is 0 Å².